The predicted molar refractivity (Wildman–Crippen MR) is 102 cm³/mol. The lowest BCUT2D eigenvalue weighted by atomic mass is 10.1. The molecule has 2 aliphatic heterocycles. The molecule has 0 aliphatic carbocycles. The Morgan fingerprint density at radius 1 is 0.960 bits per heavy atom. The average molecular weight is 336 g/mol. The SMILES string of the molecule is C(=C\c1ccccc1)/CN1CC[C@H]2[C@@H]1CCN2CCCn1cccn1. The van der Waals surface area contributed by atoms with Gasteiger partial charge in [-0.25, -0.2) is 0 Å². The normalized spacial score (nSPS) is 24.3. The third kappa shape index (κ3) is 4.02. The summed E-state index contributed by atoms with van der Waals surface area (Å²) in [6.45, 7) is 5.81. The molecule has 4 heteroatoms. The van der Waals surface area contributed by atoms with Gasteiger partial charge in [0.05, 0.1) is 0 Å². The summed E-state index contributed by atoms with van der Waals surface area (Å²) in [5, 5.41) is 4.30. The first-order valence-corrected chi connectivity index (χ1v) is 9.57. The minimum absolute atomic E-state index is 0.755. The van der Waals surface area contributed by atoms with Crippen LogP contribution in [0.1, 0.15) is 24.8 Å². The van der Waals surface area contributed by atoms with Crippen molar-refractivity contribution in [2.24, 2.45) is 0 Å². The van der Waals surface area contributed by atoms with Crippen molar-refractivity contribution in [3.05, 3.63) is 60.4 Å². The van der Waals surface area contributed by atoms with E-state index < -0.39 is 0 Å². The van der Waals surface area contributed by atoms with Crippen LogP contribution in [0.2, 0.25) is 0 Å². The summed E-state index contributed by atoms with van der Waals surface area (Å²) in [6.07, 6.45) is 12.4. The van der Waals surface area contributed by atoms with Crippen molar-refractivity contribution in [1.82, 2.24) is 19.6 Å². The molecule has 0 radical (unpaired) electrons. The molecular weight excluding hydrogens is 308 g/mol. The number of hydrogen-bond donors (Lipinski definition) is 0. The zero-order valence-corrected chi connectivity index (χ0v) is 14.9. The Morgan fingerprint density at radius 2 is 1.76 bits per heavy atom. The summed E-state index contributed by atoms with van der Waals surface area (Å²) in [5.74, 6) is 0. The van der Waals surface area contributed by atoms with Crippen molar-refractivity contribution >= 4 is 6.08 Å². The topological polar surface area (TPSA) is 24.3 Å². The number of fused-ring (bicyclic) bond motifs is 1. The molecule has 1 aromatic heterocycles. The van der Waals surface area contributed by atoms with Gasteiger partial charge in [0.25, 0.3) is 0 Å². The molecular formula is C21H28N4. The molecule has 0 unspecified atom stereocenters. The van der Waals surface area contributed by atoms with Crippen molar-refractivity contribution < 1.29 is 0 Å². The van der Waals surface area contributed by atoms with Gasteiger partial charge in [0.15, 0.2) is 0 Å². The lowest BCUT2D eigenvalue weighted by Crippen LogP contribution is -2.37. The van der Waals surface area contributed by atoms with Gasteiger partial charge in [-0.2, -0.15) is 5.10 Å². The summed E-state index contributed by atoms with van der Waals surface area (Å²) in [6, 6.07) is 14.1. The van der Waals surface area contributed by atoms with Gasteiger partial charge < -0.3 is 0 Å². The van der Waals surface area contributed by atoms with Crippen LogP contribution in [-0.2, 0) is 6.54 Å². The molecule has 2 aromatic rings. The molecule has 2 fully saturated rings. The van der Waals surface area contributed by atoms with Crippen LogP contribution < -0.4 is 0 Å². The van der Waals surface area contributed by atoms with Crippen molar-refractivity contribution in [3.8, 4) is 0 Å². The Bertz CT molecular complexity index is 664. The van der Waals surface area contributed by atoms with E-state index in [0.29, 0.717) is 0 Å². The van der Waals surface area contributed by atoms with Gasteiger partial charge in [-0.15, -0.1) is 0 Å². The lowest BCUT2D eigenvalue weighted by Gasteiger charge is -2.25. The fourth-order valence-electron chi connectivity index (χ4n) is 4.43. The second kappa shape index (κ2) is 7.98. The summed E-state index contributed by atoms with van der Waals surface area (Å²) >= 11 is 0. The maximum absolute atomic E-state index is 4.30. The Morgan fingerprint density at radius 3 is 2.56 bits per heavy atom. The molecule has 2 aliphatic rings. The Hall–Kier alpha value is -1.91. The van der Waals surface area contributed by atoms with Crippen LogP contribution in [0.4, 0.5) is 0 Å². The van der Waals surface area contributed by atoms with Gasteiger partial charge >= 0.3 is 0 Å². The second-order valence-electron chi connectivity index (χ2n) is 7.18. The molecule has 25 heavy (non-hydrogen) atoms. The molecule has 4 nitrogen and oxygen atoms in total. The highest BCUT2D eigenvalue weighted by molar-refractivity contribution is 5.48. The Balaban J connectivity index is 1.24. The van der Waals surface area contributed by atoms with Crippen LogP contribution in [-0.4, -0.2) is 57.8 Å². The zero-order chi connectivity index (χ0) is 16.9. The number of aromatic nitrogens is 2. The fourth-order valence-corrected chi connectivity index (χ4v) is 4.43. The van der Waals surface area contributed by atoms with E-state index in [0.717, 1.165) is 25.2 Å². The van der Waals surface area contributed by atoms with Crippen molar-refractivity contribution in [1.29, 1.82) is 0 Å². The third-order valence-electron chi connectivity index (χ3n) is 5.65. The van der Waals surface area contributed by atoms with E-state index in [2.05, 4.69) is 63.6 Å². The molecule has 0 spiro atoms. The van der Waals surface area contributed by atoms with Crippen molar-refractivity contribution in [2.45, 2.75) is 37.9 Å². The van der Waals surface area contributed by atoms with Gasteiger partial charge in [0, 0.05) is 57.2 Å². The number of rotatable bonds is 7. The predicted octanol–water partition coefficient (Wildman–Crippen LogP) is 3.14. The molecule has 0 N–H and O–H groups in total. The molecule has 0 saturated carbocycles. The largest absolute Gasteiger partial charge is 0.299 e. The van der Waals surface area contributed by atoms with Gasteiger partial charge in [-0.1, -0.05) is 42.5 Å². The first kappa shape index (κ1) is 16.6. The zero-order valence-electron chi connectivity index (χ0n) is 14.9. The maximum atomic E-state index is 4.30. The van der Waals surface area contributed by atoms with Crippen molar-refractivity contribution in [3.63, 3.8) is 0 Å². The number of nitrogens with zero attached hydrogens (tertiary/aromatic N) is 4. The van der Waals surface area contributed by atoms with Crippen LogP contribution in [0.15, 0.2) is 54.9 Å². The van der Waals surface area contributed by atoms with E-state index in [1.807, 2.05) is 16.9 Å². The molecule has 3 heterocycles. The monoisotopic (exact) mass is 336 g/mol. The molecule has 1 aromatic carbocycles. The highest BCUT2D eigenvalue weighted by Crippen LogP contribution is 2.31. The first-order chi connectivity index (χ1) is 12.4. The van der Waals surface area contributed by atoms with Gasteiger partial charge in [0.1, 0.15) is 0 Å². The molecule has 0 amide bonds. The summed E-state index contributed by atoms with van der Waals surface area (Å²) in [7, 11) is 0. The summed E-state index contributed by atoms with van der Waals surface area (Å²) < 4.78 is 2.04. The van der Waals surface area contributed by atoms with E-state index in [9.17, 15) is 0 Å². The molecule has 4 rings (SSSR count). The van der Waals surface area contributed by atoms with Gasteiger partial charge in [0.2, 0.25) is 0 Å². The molecule has 132 valence electrons. The number of likely N-dealkylation sites (tertiary alicyclic amines) is 2. The quantitative estimate of drug-likeness (QED) is 0.776. The Labute approximate surface area is 150 Å². The van der Waals surface area contributed by atoms with Crippen molar-refractivity contribution in [2.75, 3.05) is 26.2 Å². The fraction of sp³-hybridized carbons (Fsp3) is 0.476. The maximum Gasteiger partial charge on any atom is 0.0489 e. The number of hydrogen-bond acceptors (Lipinski definition) is 3. The summed E-state index contributed by atoms with van der Waals surface area (Å²) in [5.41, 5.74) is 1.30. The smallest absolute Gasteiger partial charge is 0.0489 e. The van der Waals surface area contributed by atoms with E-state index in [1.165, 1.54) is 44.5 Å². The molecule has 2 atom stereocenters. The van der Waals surface area contributed by atoms with Crippen LogP contribution >= 0.6 is 0 Å². The van der Waals surface area contributed by atoms with Gasteiger partial charge in [-0.3, -0.25) is 14.5 Å². The lowest BCUT2D eigenvalue weighted by molar-refractivity contribution is 0.226. The number of benzene rings is 1. The van der Waals surface area contributed by atoms with Crippen LogP contribution in [0.5, 0.6) is 0 Å². The average Bonchev–Trinajstić information content (AvgIpc) is 3.36. The minimum Gasteiger partial charge on any atom is -0.299 e. The number of aryl methyl sites for hydroxylation is 1. The molecule has 2 saturated heterocycles. The highest BCUT2D eigenvalue weighted by Gasteiger charge is 2.41. The van der Waals surface area contributed by atoms with E-state index >= 15 is 0 Å². The Kier molecular flexibility index (Phi) is 5.28. The standard InChI is InChI=1S/C21H28N4/c1-2-7-19(8-3-1)9-4-13-23-17-10-21-20(23)11-18-24(21)14-6-16-25-15-5-12-22-25/h1-5,7-9,12,15,20-21H,6,10-11,13-14,16-18H2/b9-4+/t20-,21-/m0/s1. The van der Waals surface area contributed by atoms with Crippen LogP contribution in [0.25, 0.3) is 6.08 Å². The minimum atomic E-state index is 0.755. The second-order valence-corrected chi connectivity index (χ2v) is 7.18. The highest BCUT2D eigenvalue weighted by atomic mass is 15.3. The first-order valence-electron chi connectivity index (χ1n) is 9.57. The third-order valence-corrected chi connectivity index (χ3v) is 5.65. The van der Waals surface area contributed by atoms with Gasteiger partial charge in [-0.05, 0) is 30.9 Å². The van der Waals surface area contributed by atoms with E-state index in [1.54, 1.807) is 0 Å². The van der Waals surface area contributed by atoms with E-state index in [-0.39, 0.29) is 0 Å². The van der Waals surface area contributed by atoms with Crippen LogP contribution in [0.3, 0.4) is 0 Å². The molecule has 0 bridgehead atoms. The van der Waals surface area contributed by atoms with E-state index in [4.69, 9.17) is 0 Å². The van der Waals surface area contributed by atoms with Crippen LogP contribution in [0, 0.1) is 0 Å². The summed E-state index contributed by atoms with van der Waals surface area (Å²) in [4.78, 5) is 5.40.